The van der Waals surface area contributed by atoms with Gasteiger partial charge in [-0.05, 0) is 37.0 Å². The van der Waals surface area contributed by atoms with Gasteiger partial charge in [-0.25, -0.2) is 0 Å². The fourth-order valence-corrected chi connectivity index (χ4v) is 2.95. The third-order valence-corrected chi connectivity index (χ3v) is 4.03. The van der Waals surface area contributed by atoms with E-state index in [1.807, 2.05) is 0 Å². The minimum atomic E-state index is 0.862. The fourth-order valence-electron chi connectivity index (χ4n) is 2.95. The third kappa shape index (κ3) is 10.9. The quantitative estimate of drug-likeness (QED) is 0.271. The Labute approximate surface area is 116 Å². The summed E-state index contributed by atoms with van der Waals surface area (Å²) in [5.74, 6) is 2.75. The minimum Gasteiger partial charge on any atom is -0.103 e. The number of rotatable bonds is 12. The zero-order chi connectivity index (χ0) is 13.8. The molecule has 0 aliphatic rings. The summed E-state index contributed by atoms with van der Waals surface area (Å²) in [4.78, 5) is 0. The van der Waals surface area contributed by atoms with Crippen molar-refractivity contribution in [3.05, 3.63) is 12.7 Å². The van der Waals surface area contributed by atoms with Crippen molar-refractivity contribution < 1.29 is 0 Å². The lowest BCUT2D eigenvalue weighted by Crippen LogP contribution is -2.03. The van der Waals surface area contributed by atoms with Crippen LogP contribution >= 0.6 is 0 Å². The van der Waals surface area contributed by atoms with Gasteiger partial charge >= 0.3 is 0 Å². The number of allylic oxidation sites excluding steroid dienone is 1. The summed E-state index contributed by atoms with van der Waals surface area (Å²) in [7, 11) is 0. The van der Waals surface area contributed by atoms with Crippen LogP contribution in [-0.2, 0) is 0 Å². The molecule has 108 valence electrons. The molecule has 0 nitrogen and oxygen atoms in total. The van der Waals surface area contributed by atoms with Crippen molar-refractivity contribution in [2.45, 2.75) is 85.5 Å². The lowest BCUT2D eigenvalue weighted by atomic mass is 9.89. The summed E-state index contributed by atoms with van der Waals surface area (Å²) >= 11 is 0. The molecule has 0 spiro atoms. The SMILES string of the molecule is C=CCCCCC(CC)CCCC(C)CC(C)C. The van der Waals surface area contributed by atoms with Crippen LogP contribution in [0.1, 0.15) is 85.5 Å². The highest BCUT2D eigenvalue weighted by Crippen LogP contribution is 2.23. The average Bonchev–Trinajstić information content (AvgIpc) is 2.31. The van der Waals surface area contributed by atoms with E-state index in [1.54, 1.807) is 0 Å². The molecule has 2 unspecified atom stereocenters. The lowest BCUT2D eigenvalue weighted by Gasteiger charge is -2.17. The molecule has 2 atom stereocenters. The van der Waals surface area contributed by atoms with Gasteiger partial charge in [-0.3, -0.25) is 0 Å². The van der Waals surface area contributed by atoms with Gasteiger partial charge in [-0.2, -0.15) is 0 Å². The molecular formula is C18H36. The van der Waals surface area contributed by atoms with Crippen molar-refractivity contribution in [3.8, 4) is 0 Å². The molecule has 0 saturated heterocycles. The van der Waals surface area contributed by atoms with E-state index in [-0.39, 0.29) is 0 Å². The summed E-state index contributed by atoms with van der Waals surface area (Å²) in [6.07, 6.45) is 14.5. The first kappa shape index (κ1) is 17.7. The molecule has 18 heavy (non-hydrogen) atoms. The van der Waals surface area contributed by atoms with Crippen molar-refractivity contribution in [2.24, 2.45) is 17.8 Å². The summed E-state index contributed by atoms with van der Waals surface area (Å²) in [6.45, 7) is 13.2. The van der Waals surface area contributed by atoms with Crippen LogP contribution in [0.3, 0.4) is 0 Å². The standard InChI is InChI=1S/C18H36/c1-6-8-9-10-13-18(7-2)14-11-12-17(5)15-16(3)4/h6,16-18H,1,7-15H2,2-5H3. The number of hydrogen-bond acceptors (Lipinski definition) is 0. The normalized spacial score (nSPS) is 14.7. The van der Waals surface area contributed by atoms with E-state index in [0.29, 0.717) is 0 Å². The van der Waals surface area contributed by atoms with Crippen LogP contribution < -0.4 is 0 Å². The molecule has 0 rings (SSSR count). The Morgan fingerprint density at radius 2 is 1.61 bits per heavy atom. The molecular weight excluding hydrogens is 216 g/mol. The van der Waals surface area contributed by atoms with E-state index in [0.717, 1.165) is 17.8 Å². The summed E-state index contributed by atoms with van der Waals surface area (Å²) in [5, 5.41) is 0. The largest absolute Gasteiger partial charge is 0.103 e. The van der Waals surface area contributed by atoms with E-state index in [1.165, 1.54) is 57.8 Å². The highest BCUT2D eigenvalue weighted by molar-refractivity contribution is 4.67. The van der Waals surface area contributed by atoms with Crippen LogP contribution in [0.5, 0.6) is 0 Å². The van der Waals surface area contributed by atoms with Crippen LogP contribution in [0.4, 0.5) is 0 Å². The predicted molar refractivity (Wildman–Crippen MR) is 84.9 cm³/mol. The maximum absolute atomic E-state index is 3.79. The highest BCUT2D eigenvalue weighted by Gasteiger charge is 2.09. The van der Waals surface area contributed by atoms with Crippen LogP contribution in [-0.4, -0.2) is 0 Å². The minimum absolute atomic E-state index is 0.862. The second kappa shape index (κ2) is 11.8. The van der Waals surface area contributed by atoms with E-state index in [4.69, 9.17) is 0 Å². The monoisotopic (exact) mass is 252 g/mol. The van der Waals surface area contributed by atoms with Crippen LogP contribution in [0.2, 0.25) is 0 Å². The predicted octanol–water partition coefficient (Wildman–Crippen LogP) is 6.61. The van der Waals surface area contributed by atoms with E-state index in [9.17, 15) is 0 Å². The Morgan fingerprint density at radius 3 is 2.17 bits per heavy atom. The number of hydrogen-bond donors (Lipinski definition) is 0. The third-order valence-electron chi connectivity index (χ3n) is 4.03. The van der Waals surface area contributed by atoms with Crippen molar-refractivity contribution in [3.63, 3.8) is 0 Å². The zero-order valence-corrected chi connectivity index (χ0v) is 13.4. The Morgan fingerprint density at radius 1 is 0.944 bits per heavy atom. The van der Waals surface area contributed by atoms with E-state index in [2.05, 4.69) is 40.3 Å². The Balaban J connectivity index is 3.57. The molecule has 0 N–H and O–H groups in total. The smallest absolute Gasteiger partial charge is 0.0353 e. The maximum Gasteiger partial charge on any atom is -0.0353 e. The van der Waals surface area contributed by atoms with Gasteiger partial charge < -0.3 is 0 Å². The first-order chi connectivity index (χ1) is 8.60. The van der Waals surface area contributed by atoms with Gasteiger partial charge in [0, 0.05) is 0 Å². The molecule has 0 aromatic carbocycles. The summed E-state index contributed by atoms with van der Waals surface area (Å²) < 4.78 is 0. The van der Waals surface area contributed by atoms with Gasteiger partial charge in [0.2, 0.25) is 0 Å². The Hall–Kier alpha value is -0.260. The molecule has 0 fully saturated rings. The molecule has 0 heterocycles. The molecule has 0 amide bonds. The second-order valence-electron chi connectivity index (χ2n) is 6.51. The molecule has 0 saturated carbocycles. The number of unbranched alkanes of at least 4 members (excludes halogenated alkanes) is 2. The molecule has 0 radical (unpaired) electrons. The van der Waals surface area contributed by atoms with Gasteiger partial charge in [0.05, 0.1) is 0 Å². The van der Waals surface area contributed by atoms with Crippen molar-refractivity contribution in [1.82, 2.24) is 0 Å². The van der Waals surface area contributed by atoms with Gasteiger partial charge in [0.25, 0.3) is 0 Å². The summed E-state index contributed by atoms with van der Waals surface area (Å²) in [6, 6.07) is 0. The van der Waals surface area contributed by atoms with Crippen molar-refractivity contribution in [1.29, 1.82) is 0 Å². The first-order valence-corrected chi connectivity index (χ1v) is 8.21. The topological polar surface area (TPSA) is 0 Å². The summed E-state index contributed by atoms with van der Waals surface area (Å²) in [5.41, 5.74) is 0. The van der Waals surface area contributed by atoms with Gasteiger partial charge in [0.1, 0.15) is 0 Å². The second-order valence-corrected chi connectivity index (χ2v) is 6.51. The van der Waals surface area contributed by atoms with Crippen LogP contribution in [0.15, 0.2) is 12.7 Å². The molecule has 0 heteroatoms. The van der Waals surface area contributed by atoms with Crippen LogP contribution in [0, 0.1) is 17.8 Å². The average molecular weight is 252 g/mol. The maximum atomic E-state index is 3.79. The molecule has 0 aromatic heterocycles. The first-order valence-electron chi connectivity index (χ1n) is 8.21. The molecule has 0 aromatic rings. The molecule has 0 aliphatic carbocycles. The molecule has 0 aliphatic heterocycles. The van der Waals surface area contributed by atoms with Gasteiger partial charge in [-0.15, -0.1) is 6.58 Å². The lowest BCUT2D eigenvalue weighted by molar-refractivity contribution is 0.356. The van der Waals surface area contributed by atoms with E-state index >= 15 is 0 Å². The van der Waals surface area contributed by atoms with Gasteiger partial charge in [0.15, 0.2) is 0 Å². The Bertz CT molecular complexity index is 180. The fraction of sp³-hybridized carbons (Fsp3) is 0.889. The van der Waals surface area contributed by atoms with E-state index < -0.39 is 0 Å². The zero-order valence-electron chi connectivity index (χ0n) is 13.4. The van der Waals surface area contributed by atoms with Gasteiger partial charge in [-0.1, -0.05) is 72.3 Å². The highest BCUT2D eigenvalue weighted by atomic mass is 14.1. The van der Waals surface area contributed by atoms with Crippen molar-refractivity contribution in [2.75, 3.05) is 0 Å². The van der Waals surface area contributed by atoms with Crippen molar-refractivity contribution >= 4 is 0 Å². The van der Waals surface area contributed by atoms with Crippen LogP contribution in [0.25, 0.3) is 0 Å². The Kier molecular flexibility index (Phi) is 11.6. The molecule has 0 bridgehead atoms.